The molecule has 3 rings (SSSR count). The number of fused-ring (bicyclic) bond motifs is 1. The minimum Gasteiger partial charge on any atom is -0.494 e. The van der Waals surface area contributed by atoms with Gasteiger partial charge in [-0.2, -0.15) is 0 Å². The number of nitrogens with one attached hydrogen (secondary N) is 1. The number of rotatable bonds is 7. The molecule has 0 spiro atoms. The fourth-order valence-corrected chi connectivity index (χ4v) is 3.76. The van der Waals surface area contributed by atoms with E-state index in [1.54, 1.807) is 6.33 Å². The topological polar surface area (TPSA) is 81.9 Å². The number of aryl methyl sites for hydroxylation is 1. The van der Waals surface area contributed by atoms with Crippen LogP contribution in [0.25, 0.3) is 10.2 Å². The van der Waals surface area contributed by atoms with Gasteiger partial charge in [0.1, 0.15) is 12.1 Å². The van der Waals surface area contributed by atoms with Crippen molar-refractivity contribution in [3.63, 3.8) is 0 Å². The number of carbonyl (C=O) groups is 1. The molecule has 0 fully saturated rings. The fraction of sp³-hybridized carbons (Fsp3) is 0.333. The number of hydrogen-bond acceptors (Lipinski definition) is 7. The summed E-state index contributed by atoms with van der Waals surface area (Å²) < 4.78 is 8.35. The summed E-state index contributed by atoms with van der Waals surface area (Å²) >= 11 is 2.79. The Hall–Kier alpha value is -2.13. The van der Waals surface area contributed by atoms with Crippen LogP contribution in [0.1, 0.15) is 13.8 Å². The van der Waals surface area contributed by atoms with Crippen molar-refractivity contribution in [1.29, 1.82) is 0 Å². The molecule has 0 atom stereocenters. The third kappa shape index (κ3) is 3.85. The summed E-state index contributed by atoms with van der Waals surface area (Å²) in [5, 5.41) is 12.0. The van der Waals surface area contributed by atoms with Gasteiger partial charge in [-0.1, -0.05) is 23.1 Å². The summed E-state index contributed by atoms with van der Waals surface area (Å²) in [7, 11) is 0. The molecular weight excluding hydrogens is 346 g/mol. The third-order valence-corrected chi connectivity index (χ3v) is 5.08. The Labute approximate surface area is 147 Å². The molecule has 24 heavy (non-hydrogen) atoms. The molecule has 2 aromatic heterocycles. The largest absolute Gasteiger partial charge is 0.494 e. The minimum absolute atomic E-state index is 0.116. The van der Waals surface area contributed by atoms with E-state index in [4.69, 9.17) is 4.74 Å². The number of carbonyl (C=O) groups excluding carboxylic acids is 1. The normalized spacial score (nSPS) is 10.9. The molecule has 0 aliphatic rings. The van der Waals surface area contributed by atoms with Crippen molar-refractivity contribution in [2.75, 3.05) is 17.7 Å². The Kier molecular flexibility index (Phi) is 5.31. The number of amides is 1. The van der Waals surface area contributed by atoms with Crippen LogP contribution in [-0.4, -0.2) is 38.0 Å². The lowest BCUT2D eigenvalue weighted by Crippen LogP contribution is -2.14. The van der Waals surface area contributed by atoms with Gasteiger partial charge in [-0.05, 0) is 32.0 Å². The minimum atomic E-state index is -0.116. The zero-order chi connectivity index (χ0) is 16.9. The zero-order valence-corrected chi connectivity index (χ0v) is 15.0. The molecule has 0 bridgehead atoms. The van der Waals surface area contributed by atoms with E-state index < -0.39 is 0 Å². The van der Waals surface area contributed by atoms with Crippen molar-refractivity contribution in [3.8, 4) is 5.75 Å². The average molecular weight is 363 g/mol. The standard InChI is InChI=1S/C15H17N5O2S2/c1-3-20-9-16-19-15(20)23-8-13(21)18-14-17-11-6-5-10(22-4-2)7-12(11)24-14/h5-7,9H,3-4,8H2,1-2H3,(H,17,18,21). The van der Waals surface area contributed by atoms with Crippen LogP contribution in [0.2, 0.25) is 0 Å². The van der Waals surface area contributed by atoms with Gasteiger partial charge in [-0.25, -0.2) is 4.98 Å². The Morgan fingerprint density at radius 3 is 3.08 bits per heavy atom. The summed E-state index contributed by atoms with van der Waals surface area (Å²) in [5.74, 6) is 0.953. The first-order valence-corrected chi connectivity index (χ1v) is 9.33. The van der Waals surface area contributed by atoms with Crippen LogP contribution >= 0.6 is 23.1 Å². The van der Waals surface area contributed by atoms with Gasteiger partial charge in [-0.15, -0.1) is 10.2 Å². The highest BCUT2D eigenvalue weighted by atomic mass is 32.2. The Morgan fingerprint density at radius 1 is 1.42 bits per heavy atom. The molecule has 0 saturated heterocycles. The number of ether oxygens (including phenoxy) is 1. The first-order chi connectivity index (χ1) is 11.7. The molecule has 0 radical (unpaired) electrons. The molecule has 1 amide bonds. The van der Waals surface area contributed by atoms with Crippen LogP contribution in [0.15, 0.2) is 29.7 Å². The Balaban J connectivity index is 1.62. The van der Waals surface area contributed by atoms with Gasteiger partial charge in [-0.3, -0.25) is 4.79 Å². The van der Waals surface area contributed by atoms with Gasteiger partial charge in [0.2, 0.25) is 5.91 Å². The average Bonchev–Trinajstić information content (AvgIpc) is 3.18. The van der Waals surface area contributed by atoms with Crippen molar-refractivity contribution in [2.45, 2.75) is 25.5 Å². The van der Waals surface area contributed by atoms with Crippen LogP contribution in [-0.2, 0) is 11.3 Å². The van der Waals surface area contributed by atoms with Crippen molar-refractivity contribution >= 4 is 44.4 Å². The first-order valence-electron chi connectivity index (χ1n) is 7.53. The molecule has 0 aliphatic carbocycles. The van der Waals surface area contributed by atoms with Gasteiger partial charge in [0.05, 0.1) is 22.6 Å². The Bertz CT molecular complexity index is 845. The van der Waals surface area contributed by atoms with E-state index in [1.807, 2.05) is 36.6 Å². The molecular formula is C15H17N5O2S2. The van der Waals surface area contributed by atoms with Crippen molar-refractivity contribution in [2.24, 2.45) is 0 Å². The molecule has 2 heterocycles. The Morgan fingerprint density at radius 2 is 2.29 bits per heavy atom. The maximum Gasteiger partial charge on any atom is 0.236 e. The number of anilines is 1. The summed E-state index contributed by atoms with van der Waals surface area (Å²) in [6.45, 7) is 5.34. The lowest BCUT2D eigenvalue weighted by molar-refractivity contribution is -0.113. The molecule has 9 heteroatoms. The van der Waals surface area contributed by atoms with Crippen molar-refractivity contribution < 1.29 is 9.53 Å². The predicted molar refractivity (Wildman–Crippen MR) is 95.8 cm³/mol. The van der Waals surface area contributed by atoms with E-state index in [0.717, 1.165) is 27.7 Å². The molecule has 1 aromatic carbocycles. The van der Waals surface area contributed by atoms with E-state index in [1.165, 1.54) is 23.1 Å². The summed E-state index contributed by atoms with van der Waals surface area (Å²) in [4.78, 5) is 16.5. The van der Waals surface area contributed by atoms with Crippen LogP contribution < -0.4 is 10.1 Å². The van der Waals surface area contributed by atoms with E-state index in [-0.39, 0.29) is 11.7 Å². The number of benzene rings is 1. The van der Waals surface area contributed by atoms with Crippen LogP contribution in [0.5, 0.6) is 5.75 Å². The highest BCUT2D eigenvalue weighted by Gasteiger charge is 2.11. The van der Waals surface area contributed by atoms with Crippen molar-refractivity contribution in [3.05, 3.63) is 24.5 Å². The van der Waals surface area contributed by atoms with E-state index >= 15 is 0 Å². The van der Waals surface area contributed by atoms with E-state index in [2.05, 4.69) is 20.5 Å². The third-order valence-electron chi connectivity index (χ3n) is 3.17. The lowest BCUT2D eigenvalue weighted by Gasteiger charge is -2.02. The summed E-state index contributed by atoms with van der Waals surface area (Å²) in [6.07, 6.45) is 1.66. The van der Waals surface area contributed by atoms with Crippen molar-refractivity contribution in [1.82, 2.24) is 19.7 Å². The second kappa shape index (κ2) is 7.63. The highest BCUT2D eigenvalue weighted by molar-refractivity contribution is 7.99. The van der Waals surface area contributed by atoms with Crippen LogP contribution in [0.4, 0.5) is 5.13 Å². The molecule has 3 aromatic rings. The molecule has 1 N–H and O–H groups in total. The SMILES string of the molecule is CCOc1ccc2nc(NC(=O)CSc3nncn3CC)sc2c1. The fourth-order valence-electron chi connectivity index (χ4n) is 2.07. The van der Waals surface area contributed by atoms with Gasteiger partial charge >= 0.3 is 0 Å². The molecule has 0 saturated carbocycles. The second-order valence-corrected chi connectivity index (χ2v) is 6.79. The smallest absolute Gasteiger partial charge is 0.236 e. The van der Waals surface area contributed by atoms with Gasteiger partial charge < -0.3 is 14.6 Å². The molecule has 7 nitrogen and oxygen atoms in total. The van der Waals surface area contributed by atoms with E-state index in [9.17, 15) is 4.79 Å². The molecule has 0 unspecified atom stereocenters. The second-order valence-electron chi connectivity index (χ2n) is 4.82. The molecule has 126 valence electrons. The van der Waals surface area contributed by atoms with Gasteiger partial charge in [0.15, 0.2) is 10.3 Å². The zero-order valence-electron chi connectivity index (χ0n) is 13.4. The van der Waals surface area contributed by atoms with E-state index in [0.29, 0.717) is 11.7 Å². The maximum atomic E-state index is 12.1. The van der Waals surface area contributed by atoms with Gasteiger partial charge in [0, 0.05) is 6.54 Å². The maximum absolute atomic E-state index is 12.1. The molecule has 0 aliphatic heterocycles. The summed E-state index contributed by atoms with van der Waals surface area (Å²) in [6, 6.07) is 5.71. The number of thioether (sulfide) groups is 1. The number of thiazole rings is 1. The quantitative estimate of drug-likeness (QED) is 0.650. The first kappa shape index (κ1) is 16.7. The lowest BCUT2D eigenvalue weighted by atomic mass is 10.3. The number of nitrogens with zero attached hydrogens (tertiary/aromatic N) is 4. The summed E-state index contributed by atoms with van der Waals surface area (Å²) in [5.41, 5.74) is 0.845. The van der Waals surface area contributed by atoms with Gasteiger partial charge in [0.25, 0.3) is 0 Å². The van der Waals surface area contributed by atoms with Crippen LogP contribution in [0, 0.1) is 0 Å². The monoisotopic (exact) mass is 363 g/mol. The number of aromatic nitrogens is 4. The predicted octanol–water partition coefficient (Wildman–Crippen LogP) is 3.04. The number of hydrogen-bond donors (Lipinski definition) is 1. The highest BCUT2D eigenvalue weighted by Crippen LogP contribution is 2.29. The van der Waals surface area contributed by atoms with Crippen LogP contribution in [0.3, 0.4) is 0 Å².